The van der Waals surface area contributed by atoms with Crippen LogP contribution in [0.5, 0.6) is 0 Å². The first-order valence-electron chi connectivity index (χ1n) is 5.99. The quantitative estimate of drug-likeness (QED) is 0.643. The van der Waals surface area contributed by atoms with Crippen molar-refractivity contribution >= 4 is 17.5 Å². The van der Waals surface area contributed by atoms with E-state index in [0.29, 0.717) is 17.7 Å². The van der Waals surface area contributed by atoms with Crippen molar-refractivity contribution in [2.24, 2.45) is 11.8 Å². The number of aromatic carboxylic acids is 1. The lowest BCUT2D eigenvalue weighted by Crippen LogP contribution is -2.22. The fourth-order valence-electron chi connectivity index (χ4n) is 2.06. The highest BCUT2D eigenvalue weighted by Gasteiger charge is 2.33. The van der Waals surface area contributed by atoms with Gasteiger partial charge >= 0.3 is 11.7 Å². The van der Waals surface area contributed by atoms with Gasteiger partial charge in [-0.05, 0) is 18.3 Å². The summed E-state index contributed by atoms with van der Waals surface area (Å²) < 4.78 is 0. The van der Waals surface area contributed by atoms with Crippen LogP contribution >= 0.6 is 0 Å². The van der Waals surface area contributed by atoms with Crippen LogP contribution in [0.2, 0.25) is 0 Å². The Balaban J connectivity index is 2.24. The van der Waals surface area contributed by atoms with E-state index in [1.54, 1.807) is 0 Å². The van der Waals surface area contributed by atoms with Crippen LogP contribution in [0.15, 0.2) is 12.3 Å². The number of pyridine rings is 1. The summed E-state index contributed by atoms with van der Waals surface area (Å²) in [7, 11) is 1.81. The molecule has 2 atom stereocenters. The summed E-state index contributed by atoms with van der Waals surface area (Å²) in [5.74, 6) is 0.403. The van der Waals surface area contributed by atoms with E-state index in [1.807, 2.05) is 11.9 Å². The average molecular weight is 265 g/mol. The molecule has 0 aromatic carbocycles. The van der Waals surface area contributed by atoms with Gasteiger partial charge in [-0.3, -0.25) is 10.1 Å². The van der Waals surface area contributed by atoms with Crippen LogP contribution in [0.3, 0.4) is 0 Å². The predicted molar refractivity (Wildman–Crippen MR) is 68.4 cm³/mol. The molecule has 1 N–H and O–H groups in total. The number of carbonyl (C=O) groups is 1. The molecular weight excluding hydrogens is 250 g/mol. The van der Waals surface area contributed by atoms with Gasteiger partial charge in [0.25, 0.3) is 0 Å². The highest BCUT2D eigenvalue weighted by atomic mass is 16.6. The molecule has 7 heteroatoms. The normalized spacial score (nSPS) is 20.9. The maximum atomic E-state index is 11.0. The molecule has 0 radical (unpaired) electrons. The van der Waals surface area contributed by atoms with Crippen LogP contribution in [0.1, 0.15) is 23.7 Å². The van der Waals surface area contributed by atoms with Crippen LogP contribution in [0.25, 0.3) is 0 Å². The summed E-state index contributed by atoms with van der Waals surface area (Å²) in [5.41, 5.74) is -0.810. The predicted octanol–water partition coefficient (Wildman–Crippen LogP) is 1.78. The van der Waals surface area contributed by atoms with Crippen LogP contribution in [-0.4, -0.2) is 34.6 Å². The van der Waals surface area contributed by atoms with E-state index in [9.17, 15) is 14.9 Å². The van der Waals surface area contributed by atoms with Gasteiger partial charge in [-0.25, -0.2) is 9.78 Å². The van der Waals surface area contributed by atoms with Crippen LogP contribution < -0.4 is 4.90 Å². The van der Waals surface area contributed by atoms with E-state index in [4.69, 9.17) is 5.11 Å². The summed E-state index contributed by atoms with van der Waals surface area (Å²) >= 11 is 0. The Kier molecular flexibility index (Phi) is 3.37. The van der Waals surface area contributed by atoms with Crippen molar-refractivity contribution < 1.29 is 14.8 Å². The summed E-state index contributed by atoms with van der Waals surface area (Å²) in [4.78, 5) is 26.8. The fraction of sp³-hybridized carbons (Fsp3) is 0.500. The van der Waals surface area contributed by atoms with E-state index in [-0.39, 0.29) is 5.56 Å². The van der Waals surface area contributed by atoms with Gasteiger partial charge in [0.1, 0.15) is 17.6 Å². The van der Waals surface area contributed by atoms with Crippen LogP contribution in [0, 0.1) is 22.0 Å². The lowest BCUT2D eigenvalue weighted by atomic mass is 10.2. The second-order valence-electron chi connectivity index (χ2n) is 4.98. The number of hydrogen-bond acceptors (Lipinski definition) is 5. The van der Waals surface area contributed by atoms with Crippen LogP contribution in [-0.2, 0) is 0 Å². The highest BCUT2D eigenvalue weighted by molar-refractivity contribution is 5.93. The minimum atomic E-state index is -1.32. The molecule has 2 unspecified atom stereocenters. The van der Waals surface area contributed by atoms with Gasteiger partial charge in [-0.1, -0.05) is 6.92 Å². The molecule has 102 valence electrons. The Morgan fingerprint density at radius 2 is 2.32 bits per heavy atom. The molecule has 0 aliphatic heterocycles. The number of rotatable bonds is 5. The molecule has 0 bridgehead atoms. The molecule has 2 rings (SSSR count). The number of nitro groups is 1. The molecule has 0 saturated heterocycles. The summed E-state index contributed by atoms with van der Waals surface area (Å²) in [6, 6.07) is 1.26. The summed E-state index contributed by atoms with van der Waals surface area (Å²) in [5, 5.41) is 19.7. The number of anilines is 1. The first kappa shape index (κ1) is 13.3. The largest absolute Gasteiger partial charge is 0.477 e. The van der Waals surface area contributed by atoms with Gasteiger partial charge in [0.15, 0.2) is 0 Å². The Bertz CT molecular complexity index is 532. The molecule has 1 fully saturated rings. The smallest absolute Gasteiger partial charge is 0.342 e. The van der Waals surface area contributed by atoms with Crippen molar-refractivity contribution in [2.45, 2.75) is 13.3 Å². The minimum absolute atomic E-state index is 0.328. The van der Waals surface area contributed by atoms with Crippen molar-refractivity contribution in [1.82, 2.24) is 4.98 Å². The zero-order valence-electron chi connectivity index (χ0n) is 10.7. The molecule has 1 aromatic rings. The third-order valence-corrected chi connectivity index (χ3v) is 3.47. The molecule has 19 heavy (non-hydrogen) atoms. The van der Waals surface area contributed by atoms with Crippen molar-refractivity contribution in [2.75, 3.05) is 18.5 Å². The standard InChI is InChI=1S/C12H15N3O4/c1-7-3-8(7)6-14(2)11-4-9(12(16)17)10(5-13-11)15(18)19/h4-5,7-8H,3,6H2,1-2H3,(H,16,17). The molecule has 7 nitrogen and oxygen atoms in total. The van der Waals surface area contributed by atoms with Crippen molar-refractivity contribution in [3.05, 3.63) is 27.9 Å². The zero-order valence-corrected chi connectivity index (χ0v) is 10.7. The molecule has 1 aromatic heterocycles. The molecule has 0 amide bonds. The van der Waals surface area contributed by atoms with Gasteiger partial charge in [-0.15, -0.1) is 0 Å². The SMILES string of the molecule is CC1CC1CN(C)c1cc(C(=O)O)c([N+](=O)[O-])cn1. The first-order valence-corrected chi connectivity index (χ1v) is 5.99. The lowest BCUT2D eigenvalue weighted by molar-refractivity contribution is -0.385. The Morgan fingerprint density at radius 3 is 2.79 bits per heavy atom. The molecule has 1 saturated carbocycles. The lowest BCUT2D eigenvalue weighted by Gasteiger charge is -2.18. The average Bonchev–Trinajstić information content (AvgIpc) is 3.03. The number of carboxylic acids is 1. The minimum Gasteiger partial charge on any atom is -0.477 e. The molecular formula is C12H15N3O4. The number of aromatic nitrogens is 1. The Hall–Kier alpha value is -2.18. The second kappa shape index (κ2) is 4.83. The number of carboxylic acid groups (broad SMARTS) is 1. The van der Waals surface area contributed by atoms with Crippen LogP contribution in [0.4, 0.5) is 11.5 Å². The van der Waals surface area contributed by atoms with E-state index >= 15 is 0 Å². The first-order chi connectivity index (χ1) is 8.90. The van der Waals surface area contributed by atoms with Gasteiger partial charge < -0.3 is 10.0 Å². The van der Waals surface area contributed by atoms with Crippen molar-refractivity contribution in [1.29, 1.82) is 0 Å². The third kappa shape index (κ3) is 2.81. The number of nitrogens with zero attached hydrogens (tertiary/aromatic N) is 3. The molecule has 0 spiro atoms. The maximum absolute atomic E-state index is 11.0. The monoisotopic (exact) mass is 265 g/mol. The molecule has 1 heterocycles. The van der Waals surface area contributed by atoms with E-state index in [0.717, 1.165) is 19.2 Å². The van der Waals surface area contributed by atoms with E-state index < -0.39 is 16.6 Å². The third-order valence-electron chi connectivity index (χ3n) is 3.47. The van der Waals surface area contributed by atoms with E-state index in [1.165, 1.54) is 6.07 Å². The maximum Gasteiger partial charge on any atom is 0.342 e. The topological polar surface area (TPSA) is 96.6 Å². The molecule has 1 aliphatic rings. The molecule has 1 aliphatic carbocycles. The highest BCUT2D eigenvalue weighted by Crippen LogP contribution is 2.38. The zero-order chi connectivity index (χ0) is 14.2. The van der Waals surface area contributed by atoms with Gasteiger partial charge in [0, 0.05) is 19.7 Å². The van der Waals surface area contributed by atoms with Crippen molar-refractivity contribution in [3.63, 3.8) is 0 Å². The Morgan fingerprint density at radius 1 is 1.68 bits per heavy atom. The van der Waals surface area contributed by atoms with E-state index in [2.05, 4.69) is 11.9 Å². The number of hydrogen-bond donors (Lipinski definition) is 1. The Labute approximate surface area is 110 Å². The van der Waals surface area contributed by atoms with Gasteiger partial charge in [-0.2, -0.15) is 0 Å². The summed E-state index contributed by atoms with van der Waals surface area (Å²) in [6.07, 6.45) is 2.16. The summed E-state index contributed by atoms with van der Waals surface area (Å²) in [6.45, 7) is 2.94. The fourth-order valence-corrected chi connectivity index (χ4v) is 2.06. The van der Waals surface area contributed by atoms with Gasteiger partial charge in [0.2, 0.25) is 0 Å². The van der Waals surface area contributed by atoms with Gasteiger partial charge in [0.05, 0.1) is 4.92 Å². The van der Waals surface area contributed by atoms with Crippen molar-refractivity contribution in [3.8, 4) is 0 Å². The second-order valence-corrected chi connectivity index (χ2v) is 4.98.